The molecule has 4 bridgehead atoms. The molecule has 4 aliphatic carbocycles. The third-order valence-corrected chi connectivity index (χ3v) is 11.3. The van der Waals surface area contributed by atoms with Crippen LogP contribution < -0.4 is 4.31 Å². The molecule has 0 N–H and O–H groups in total. The Bertz CT molecular complexity index is 1030. The van der Waals surface area contributed by atoms with Crippen LogP contribution >= 0.6 is 11.9 Å². The summed E-state index contributed by atoms with van der Waals surface area (Å²) in [6, 6.07) is 17.9. The number of likely N-dealkylation sites (tertiary alicyclic amines) is 1. The Morgan fingerprint density at radius 3 is 2.20 bits per heavy atom. The number of ether oxygens (including phenoxy) is 1. The third kappa shape index (κ3) is 4.14. The van der Waals surface area contributed by atoms with Crippen molar-refractivity contribution in [2.24, 2.45) is 29.1 Å². The van der Waals surface area contributed by atoms with Crippen molar-refractivity contribution < 1.29 is 4.74 Å². The van der Waals surface area contributed by atoms with Gasteiger partial charge in [-0.25, -0.2) is 0 Å². The van der Waals surface area contributed by atoms with E-state index in [1.807, 2.05) is 19.1 Å². The van der Waals surface area contributed by atoms with Gasteiger partial charge in [-0.1, -0.05) is 36.4 Å². The van der Waals surface area contributed by atoms with Gasteiger partial charge in [-0.3, -0.25) is 0 Å². The fourth-order valence-corrected chi connectivity index (χ4v) is 10.1. The second-order valence-electron chi connectivity index (χ2n) is 12.4. The second kappa shape index (κ2) is 9.11. The van der Waals surface area contributed by atoms with Crippen LogP contribution in [-0.2, 0) is 4.74 Å². The first-order valence-electron chi connectivity index (χ1n) is 14.1. The molecule has 1 saturated heterocycles. The topological polar surface area (TPSA) is 15.7 Å². The first kappa shape index (κ1) is 22.7. The third-order valence-electron chi connectivity index (χ3n) is 10.2. The minimum absolute atomic E-state index is 0.438. The fourth-order valence-electron chi connectivity index (χ4n) is 8.90. The number of para-hydroxylation sites is 1. The van der Waals surface area contributed by atoms with Gasteiger partial charge in [0.25, 0.3) is 0 Å². The molecule has 0 radical (unpaired) electrons. The lowest BCUT2D eigenvalue weighted by molar-refractivity contribution is -0.139. The SMILES string of the molecule is COC(CN1CCC(CN2Sc3ccccc3-c3ccccc32)CC1)C12CC3CC(CC(C3)C1)C2. The standard InChI is InChI=1S/C31H40N2OS/c1-34-30(31-17-23-14-24(18-31)16-25(15-23)19-31)21-32-12-10-22(11-13-32)20-33-28-8-4-2-6-26(28)27-7-3-5-9-29(27)35-33/h2-9,22-25,30H,10-21H2,1H3. The smallest absolute Gasteiger partial charge is 0.0754 e. The van der Waals surface area contributed by atoms with Gasteiger partial charge in [0.15, 0.2) is 0 Å². The predicted octanol–water partition coefficient (Wildman–Crippen LogP) is 7.12. The van der Waals surface area contributed by atoms with E-state index < -0.39 is 0 Å². The van der Waals surface area contributed by atoms with Crippen LogP contribution in [0.5, 0.6) is 0 Å². The second-order valence-corrected chi connectivity index (χ2v) is 13.5. The Balaban J connectivity index is 0.989. The normalized spacial score (nSPS) is 32.9. The summed E-state index contributed by atoms with van der Waals surface area (Å²) in [5, 5.41) is 0. The zero-order valence-corrected chi connectivity index (χ0v) is 22.0. The van der Waals surface area contributed by atoms with E-state index in [-0.39, 0.29) is 0 Å². The van der Waals surface area contributed by atoms with Crippen LogP contribution in [0.25, 0.3) is 11.1 Å². The molecule has 4 saturated carbocycles. The Morgan fingerprint density at radius 1 is 0.886 bits per heavy atom. The van der Waals surface area contributed by atoms with Gasteiger partial charge in [0.1, 0.15) is 0 Å². The minimum Gasteiger partial charge on any atom is -0.380 e. The molecule has 2 aliphatic heterocycles. The summed E-state index contributed by atoms with van der Waals surface area (Å²) in [5.41, 5.74) is 4.65. The van der Waals surface area contributed by atoms with E-state index in [4.69, 9.17) is 4.74 Å². The number of hydrogen-bond donors (Lipinski definition) is 0. The number of anilines is 1. The van der Waals surface area contributed by atoms with Crippen LogP contribution in [0, 0.1) is 29.1 Å². The van der Waals surface area contributed by atoms with Crippen molar-refractivity contribution in [2.45, 2.75) is 62.4 Å². The first-order valence-corrected chi connectivity index (χ1v) is 14.9. The maximum absolute atomic E-state index is 6.31. The molecular weight excluding hydrogens is 448 g/mol. The highest BCUT2D eigenvalue weighted by molar-refractivity contribution is 8.01. The van der Waals surface area contributed by atoms with Gasteiger partial charge in [0.2, 0.25) is 0 Å². The molecule has 3 nitrogen and oxygen atoms in total. The lowest BCUT2D eigenvalue weighted by Crippen LogP contribution is -2.55. The molecule has 2 aromatic rings. The van der Waals surface area contributed by atoms with E-state index in [0.29, 0.717) is 11.5 Å². The highest BCUT2D eigenvalue weighted by Gasteiger charge is 2.54. The molecule has 0 spiro atoms. The maximum Gasteiger partial charge on any atom is 0.0754 e. The zero-order chi connectivity index (χ0) is 23.4. The number of piperidine rings is 1. The van der Waals surface area contributed by atoms with Crippen molar-refractivity contribution in [3.63, 3.8) is 0 Å². The van der Waals surface area contributed by atoms with Gasteiger partial charge in [-0.2, -0.15) is 0 Å². The molecule has 1 atom stereocenters. The Labute approximate surface area is 215 Å². The van der Waals surface area contributed by atoms with Crippen molar-refractivity contribution in [1.29, 1.82) is 0 Å². The maximum atomic E-state index is 6.31. The van der Waals surface area contributed by atoms with E-state index in [9.17, 15) is 0 Å². The summed E-state index contributed by atoms with van der Waals surface area (Å²) in [5.74, 6) is 3.76. The summed E-state index contributed by atoms with van der Waals surface area (Å²) in [6.45, 7) is 4.76. The average Bonchev–Trinajstić information content (AvgIpc) is 2.87. The number of benzene rings is 2. The van der Waals surface area contributed by atoms with Gasteiger partial charge in [-0.05, 0) is 123 Å². The number of nitrogens with zero attached hydrogens (tertiary/aromatic N) is 2. The van der Waals surface area contributed by atoms with E-state index in [1.165, 1.54) is 86.2 Å². The van der Waals surface area contributed by atoms with E-state index in [1.54, 1.807) is 0 Å². The van der Waals surface area contributed by atoms with E-state index in [0.717, 1.165) is 36.8 Å². The summed E-state index contributed by atoms with van der Waals surface area (Å²) in [4.78, 5) is 4.14. The molecule has 186 valence electrons. The minimum atomic E-state index is 0.438. The Hall–Kier alpha value is -1.49. The van der Waals surface area contributed by atoms with Crippen molar-refractivity contribution in [1.82, 2.24) is 4.90 Å². The molecule has 35 heavy (non-hydrogen) atoms. The van der Waals surface area contributed by atoms with Crippen LogP contribution in [0.3, 0.4) is 0 Å². The highest BCUT2D eigenvalue weighted by Crippen LogP contribution is 2.61. The number of rotatable bonds is 6. The molecule has 8 rings (SSSR count). The van der Waals surface area contributed by atoms with Crippen molar-refractivity contribution in [3.8, 4) is 11.1 Å². The number of methoxy groups -OCH3 is 1. The fraction of sp³-hybridized carbons (Fsp3) is 0.613. The Morgan fingerprint density at radius 2 is 1.51 bits per heavy atom. The van der Waals surface area contributed by atoms with Crippen LogP contribution in [-0.4, -0.2) is 44.3 Å². The molecule has 6 aliphatic rings. The number of hydrogen-bond acceptors (Lipinski definition) is 4. The molecule has 5 fully saturated rings. The molecule has 4 heteroatoms. The van der Waals surface area contributed by atoms with Crippen molar-refractivity contribution in [2.75, 3.05) is 37.6 Å². The van der Waals surface area contributed by atoms with E-state index in [2.05, 4.69) is 57.7 Å². The van der Waals surface area contributed by atoms with Crippen LogP contribution in [0.2, 0.25) is 0 Å². The molecule has 1 unspecified atom stereocenters. The monoisotopic (exact) mass is 488 g/mol. The molecule has 2 heterocycles. The van der Waals surface area contributed by atoms with Gasteiger partial charge >= 0.3 is 0 Å². The first-order chi connectivity index (χ1) is 17.2. The van der Waals surface area contributed by atoms with Gasteiger partial charge < -0.3 is 13.9 Å². The predicted molar refractivity (Wildman–Crippen MR) is 146 cm³/mol. The highest BCUT2D eigenvalue weighted by atomic mass is 32.2. The van der Waals surface area contributed by atoms with Gasteiger partial charge in [0.05, 0.1) is 11.8 Å². The summed E-state index contributed by atoms with van der Waals surface area (Å²) >= 11 is 1.94. The average molecular weight is 489 g/mol. The van der Waals surface area contributed by atoms with Gasteiger partial charge in [-0.15, -0.1) is 0 Å². The zero-order valence-electron chi connectivity index (χ0n) is 21.2. The molecular formula is C31H40N2OS. The Kier molecular flexibility index (Phi) is 5.91. The summed E-state index contributed by atoms with van der Waals surface area (Å²) in [7, 11) is 2.00. The molecule has 2 aromatic carbocycles. The van der Waals surface area contributed by atoms with Crippen LogP contribution in [0.4, 0.5) is 5.69 Å². The number of fused-ring (bicyclic) bond motifs is 3. The quantitative estimate of drug-likeness (QED) is 0.402. The lowest BCUT2D eigenvalue weighted by atomic mass is 9.48. The van der Waals surface area contributed by atoms with Crippen LogP contribution in [0.15, 0.2) is 53.4 Å². The summed E-state index contributed by atoms with van der Waals surface area (Å²) in [6.07, 6.45) is 11.9. The molecule has 0 amide bonds. The van der Waals surface area contributed by atoms with Crippen LogP contribution in [0.1, 0.15) is 51.4 Å². The molecule has 0 aromatic heterocycles. The van der Waals surface area contributed by atoms with E-state index >= 15 is 0 Å². The lowest BCUT2D eigenvalue weighted by Gasteiger charge is -2.59. The van der Waals surface area contributed by atoms with Gasteiger partial charge in [0, 0.05) is 30.7 Å². The largest absolute Gasteiger partial charge is 0.380 e. The van der Waals surface area contributed by atoms with Crippen molar-refractivity contribution >= 4 is 17.6 Å². The van der Waals surface area contributed by atoms with Crippen molar-refractivity contribution in [3.05, 3.63) is 48.5 Å². The summed E-state index contributed by atoms with van der Waals surface area (Å²) < 4.78 is 8.88.